The summed E-state index contributed by atoms with van der Waals surface area (Å²) in [6, 6.07) is 7.00. The molecule has 5 nitrogen and oxygen atoms in total. The van der Waals surface area contributed by atoms with E-state index in [0.717, 1.165) is 12.0 Å². The summed E-state index contributed by atoms with van der Waals surface area (Å²) in [5, 5.41) is 0. The van der Waals surface area contributed by atoms with Crippen LogP contribution in [0, 0.1) is 6.92 Å². The lowest BCUT2D eigenvalue weighted by Gasteiger charge is -2.32. The van der Waals surface area contributed by atoms with Crippen molar-refractivity contribution in [2.24, 2.45) is 0 Å². The molecule has 0 unspecified atom stereocenters. The van der Waals surface area contributed by atoms with Crippen LogP contribution in [0.3, 0.4) is 0 Å². The van der Waals surface area contributed by atoms with E-state index in [0.29, 0.717) is 18.0 Å². The Hall–Kier alpha value is -0.885. The molecule has 0 N–H and O–H groups in total. The Kier molecular flexibility index (Phi) is 4.36. The molecule has 3 rings (SSSR count). The number of sulfonamides is 1. The SMILES string of the molecule is Cc1ccc(S(=O)(=O)N2CC[C@H](B3OC(C)(C)C(C)(C)O3)C2)cc1. The smallest absolute Gasteiger partial charge is 0.403 e. The monoisotopic (exact) mass is 351 g/mol. The second-order valence-electron chi connectivity index (χ2n) is 7.85. The van der Waals surface area contributed by atoms with Crippen LogP contribution >= 0.6 is 0 Å². The van der Waals surface area contributed by atoms with Gasteiger partial charge in [0.2, 0.25) is 10.0 Å². The van der Waals surface area contributed by atoms with Crippen LogP contribution in [-0.2, 0) is 19.3 Å². The molecule has 0 radical (unpaired) electrons. The number of nitrogens with zero attached hydrogens (tertiary/aromatic N) is 1. The summed E-state index contributed by atoms with van der Waals surface area (Å²) in [6.07, 6.45) is 0.752. The van der Waals surface area contributed by atoms with E-state index in [2.05, 4.69) is 0 Å². The van der Waals surface area contributed by atoms with E-state index in [-0.39, 0.29) is 24.1 Å². The molecule has 0 amide bonds. The zero-order chi connectivity index (χ0) is 17.8. The molecule has 1 aromatic carbocycles. The van der Waals surface area contributed by atoms with Gasteiger partial charge in [0.25, 0.3) is 0 Å². The van der Waals surface area contributed by atoms with Crippen molar-refractivity contribution in [3.8, 4) is 0 Å². The Bertz CT molecular complexity index is 699. The predicted octanol–water partition coefficient (Wildman–Crippen LogP) is 2.85. The second kappa shape index (κ2) is 5.83. The van der Waals surface area contributed by atoms with Gasteiger partial charge in [0.1, 0.15) is 0 Å². The Morgan fingerprint density at radius 1 is 1.08 bits per heavy atom. The molecule has 132 valence electrons. The lowest BCUT2D eigenvalue weighted by molar-refractivity contribution is 0.00578. The molecule has 0 spiro atoms. The van der Waals surface area contributed by atoms with E-state index >= 15 is 0 Å². The van der Waals surface area contributed by atoms with E-state index in [1.807, 2.05) is 46.8 Å². The van der Waals surface area contributed by atoms with Gasteiger partial charge < -0.3 is 9.31 Å². The molecule has 2 fully saturated rings. The standard InChI is InChI=1S/C17H26BNO4S/c1-13-6-8-15(9-7-13)24(20,21)19-11-10-14(12-19)18-22-16(2,3)17(4,5)23-18/h6-9,14H,10-12H2,1-5H3/t14-/m0/s1. The minimum Gasteiger partial charge on any atom is -0.403 e. The van der Waals surface area contributed by atoms with Crippen molar-refractivity contribution in [3.63, 3.8) is 0 Å². The van der Waals surface area contributed by atoms with Gasteiger partial charge in [-0.25, -0.2) is 8.42 Å². The molecular formula is C17H26BNO4S. The predicted molar refractivity (Wildman–Crippen MR) is 94.4 cm³/mol. The zero-order valence-corrected chi connectivity index (χ0v) is 15.9. The molecule has 2 aliphatic heterocycles. The Labute approximate surface area is 145 Å². The van der Waals surface area contributed by atoms with E-state index < -0.39 is 10.0 Å². The molecule has 0 bridgehead atoms. The third-order valence-electron chi connectivity index (χ3n) is 5.50. The molecule has 0 aromatic heterocycles. The number of aryl methyl sites for hydroxylation is 1. The van der Waals surface area contributed by atoms with Gasteiger partial charge in [-0.3, -0.25) is 0 Å². The number of hydrogen-bond donors (Lipinski definition) is 0. The van der Waals surface area contributed by atoms with E-state index in [9.17, 15) is 8.42 Å². The highest BCUT2D eigenvalue weighted by molar-refractivity contribution is 7.89. The average Bonchev–Trinajstić information content (AvgIpc) is 3.03. The molecule has 7 heteroatoms. The van der Waals surface area contributed by atoms with Crippen molar-refractivity contribution in [1.82, 2.24) is 4.31 Å². The summed E-state index contributed by atoms with van der Waals surface area (Å²) in [5.41, 5.74) is 0.271. The van der Waals surface area contributed by atoms with Crippen molar-refractivity contribution in [1.29, 1.82) is 0 Å². The van der Waals surface area contributed by atoms with Crippen LogP contribution in [-0.4, -0.2) is 44.1 Å². The molecule has 1 aromatic rings. The maximum atomic E-state index is 12.8. The van der Waals surface area contributed by atoms with Crippen LogP contribution in [0.25, 0.3) is 0 Å². The van der Waals surface area contributed by atoms with Gasteiger partial charge >= 0.3 is 7.12 Å². The highest BCUT2D eigenvalue weighted by atomic mass is 32.2. The second-order valence-corrected chi connectivity index (χ2v) is 9.79. The number of rotatable bonds is 3. The van der Waals surface area contributed by atoms with E-state index in [1.165, 1.54) is 0 Å². The molecule has 0 saturated carbocycles. The minimum atomic E-state index is -3.45. The lowest BCUT2D eigenvalue weighted by Crippen LogP contribution is -2.41. The van der Waals surface area contributed by atoms with Crippen LogP contribution in [0.5, 0.6) is 0 Å². The topological polar surface area (TPSA) is 55.8 Å². The molecule has 2 aliphatic rings. The van der Waals surface area contributed by atoms with Crippen LogP contribution in [0.15, 0.2) is 29.2 Å². The zero-order valence-electron chi connectivity index (χ0n) is 15.1. The first-order chi connectivity index (χ1) is 11.0. The normalized spacial score (nSPS) is 26.9. The minimum absolute atomic E-state index is 0.0614. The summed E-state index contributed by atoms with van der Waals surface area (Å²) in [6.45, 7) is 11.0. The van der Waals surface area contributed by atoms with Gasteiger partial charge in [-0.1, -0.05) is 17.7 Å². The number of benzene rings is 1. The van der Waals surface area contributed by atoms with Crippen LogP contribution in [0.2, 0.25) is 5.82 Å². The Morgan fingerprint density at radius 2 is 1.62 bits per heavy atom. The van der Waals surface area contributed by atoms with Crippen LogP contribution < -0.4 is 0 Å². The molecule has 2 heterocycles. The maximum Gasteiger partial charge on any atom is 0.462 e. The first-order valence-electron chi connectivity index (χ1n) is 8.45. The Balaban J connectivity index is 1.73. The van der Waals surface area contributed by atoms with Crippen molar-refractivity contribution >= 4 is 17.1 Å². The van der Waals surface area contributed by atoms with E-state index in [4.69, 9.17) is 9.31 Å². The van der Waals surface area contributed by atoms with Crippen molar-refractivity contribution in [3.05, 3.63) is 29.8 Å². The first kappa shape index (κ1) is 17.9. The molecule has 1 atom stereocenters. The van der Waals surface area contributed by atoms with Gasteiger partial charge in [0, 0.05) is 18.9 Å². The Morgan fingerprint density at radius 3 is 2.17 bits per heavy atom. The van der Waals surface area contributed by atoms with Crippen molar-refractivity contribution < 1.29 is 17.7 Å². The lowest BCUT2D eigenvalue weighted by atomic mass is 9.71. The van der Waals surface area contributed by atoms with Gasteiger partial charge in [-0.15, -0.1) is 0 Å². The summed E-state index contributed by atoms with van der Waals surface area (Å²) in [4.78, 5) is 0.350. The van der Waals surface area contributed by atoms with Crippen LogP contribution in [0.1, 0.15) is 39.7 Å². The quantitative estimate of drug-likeness (QED) is 0.786. The maximum absolute atomic E-state index is 12.8. The molecule has 2 saturated heterocycles. The summed E-state index contributed by atoms with van der Waals surface area (Å²) < 4.78 is 39.3. The highest BCUT2D eigenvalue weighted by Gasteiger charge is 2.55. The largest absolute Gasteiger partial charge is 0.462 e. The summed E-state index contributed by atoms with van der Waals surface area (Å²) in [7, 11) is -3.81. The summed E-state index contributed by atoms with van der Waals surface area (Å²) >= 11 is 0. The fraction of sp³-hybridized carbons (Fsp3) is 0.647. The first-order valence-corrected chi connectivity index (χ1v) is 9.89. The third kappa shape index (κ3) is 3.03. The number of hydrogen-bond acceptors (Lipinski definition) is 4. The average molecular weight is 351 g/mol. The highest BCUT2D eigenvalue weighted by Crippen LogP contribution is 2.42. The van der Waals surface area contributed by atoms with Gasteiger partial charge in [0.15, 0.2) is 0 Å². The van der Waals surface area contributed by atoms with E-state index in [1.54, 1.807) is 16.4 Å². The summed E-state index contributed by atoms with van der Waals surface area (Å²) in [5.74, 6) is 0.0614. The fourth-order valence-corrected chi connectivity index (χ4v) is 4.65. The van der Waals surface area contributed by atoms with Gasteiger partial charge in [-0.2, -0.15) is 4.31 Å². The van der Waals surface area contributed by atoms with Crippen molar-refractivity contribution in [2.45, 2.75) is 63.0 Å². The molecule has 0 aliphatic carbocycles. The fourth-order valence-electron chi connectivity index (χ4n) is 3.13. The molecule has 24 heavy (non-hydrogen) atoms. The van der Waals surface area contributed by atoms with Gasteiger partial charge in [-0.05, 0) is 53.2 Å². The van der Waals surface area contributed by atoms with Crippen LogP contribution in [0.4, 0.5) is 0 Å². The van der Waals surface area contributed by atoms with Crippen molar-refractivity contribution in [2.75, 3.05) is 13.1 Å². The molecular weight excluding hydrogens is 325 g/mol. The van der Waals surface area contributed by atoms with Gasteiger partial charge in [0.05, 0.1) is 16.1 Å². The third-order valence-corrected chi connectivity index (χ3v) is 7.38.